The second kappa shape index (κ2) is 7.70. The second-order valence-corrected chi connectivity index (χ2v) is 8.97. The zero-order chi connectivity index (χ0) is 17.9. The maximum absolute atomic E-state index is 12.9. The Balaban J connectivity index is 1.54. The summed E-state index contributed by atoms with van der Waals surface area (Å²) in [6.07, 6.45) is 9.80. The van der Waals surface area contributed by atoms with Crippen LogP contribution in [0.15, 0.2) is 41.8 Å². The van der Waals surface area contributed by atoms with E-state index in [0.717, 1.165) is 43.4 Å². The molecule has 1 fully saturated rings. The zero-order valence-electron chi connectivity index (χ0n) is 15.1. The van der Waals surface area contributed by atoms with Crippen LogP contribution in [0.2, 0.25) is 0 Å². The Kier molecular flexibility index (Phi) is 5.59. The van der Waals surface area contributed by atoms with Crippen LogP contribution in [0.5, 0.6) is 0 Å². The molecule has 0 atom stereocenters. The smallest absolute Gasteiger partial charge is 0.243 e. The summed E-state index contributed by atoms with van der Waals surface area (Å²) in [5, 5.41) is 0. The van der Waals surface area contributed by atoms with Crippen molar-refractivity contribution in [1.29, 1.82) is 0 Å². The second-order valence-electron chi connectivity index (χ2n) is 7.06. The van der Waals surface area contributed by atoms with Gasteiger partial charge in [0, 0.05) is 32.0 Å². The molecule has 136 valence electrons. The minimum atomic E-state index is -3.37. The number of piperidine rings is 1. The molecule has 0 aliphatic carbocycles. The van der Waals surface area contributed by atoms with Gasteiger partial charge < -0.3 is 4.57 Å². The highest BCUT2D eigenvalue weighted by Gasteiger charge is 2.30. The Labute approximate surface area is 150 Å². The van der Waals surface area contributed by atoms with E-state index >= 15 is 0 Å². The molecule has 2 heterocycles. The van der Waals surface area contributed by atoms with E-state index in [0.29, 0.717) is 23.9 Å². The Hall–Kier alpha value is -1.66. The number of aromatic nitrogens is 2. The van der Waals surface area contributed by atoms with Gasteiger partial charge in [0.15, 0.2) is 0 Å². The van der Waals surface area contributed by atoms with Crippen molar-refractivity contribution in [3.63, 3.8) is 0 Å². The summed E-state index contributed by atoms with van der Waals surface area (Å²) in [7, 11) is -3.37. The van der Waals surface area contributed by atoms with Crippen molar-refractivity contribution in [1.82, 2.24) is 13.9 Å². The highest BCUT2D eigenvalue weighted by Crippen LogP contribution is 2.28. The number of benzene rings is 1. The molecule has 0 bridgehead atoms. The predicted molar refractivity (Wildman–Crippen MR) is 98.9 cm³/mol. The lowest BCUT2D eigenvalue weighted by Crippen LogP contribution is -2.38. The van der Waals surface area contributed by atoms with Gasteiger partial charge in [-0.15, -0.1) is 0 Å². The standard InChI is InChI=1S/C19H27N3O2S/c1-16-5-6-19(17(2)14-16)25(23,24)22-11-7-18(8-12-22)4-3-10-21-13-9-20-15-21/h5-6,9,13-15,18H,3-4,7-8,10-12H2,1-2H3. The Morgan fingerprint density at radius 3 is 2.60 bits per heavy atom. The number of nitrogens with zero attached hydrogens (tertiary/aromatic N) is 3. The molecule has 2 aromatic rings. The Bertz CT molecular complexity index is 792. The van der Waals surface area contributed by atoms with Crippen molar-refractivity contribution in [2.24, 2.45) is 5.92 Å². The highest BCUT2D eigenvalue weighted by atomic mass is 32.2. The van der Waals surface area contributed by atoms with Crippen molar-refractivity contribution >= 4 is 10.0 Å². The van der Waals surface area contributed by atoms with Gasteiger partial charge in [-0.1, -0.05) is 17.7 Å². The molecule has 0 spiro atoms. The maximum Gasteiger partial charge on any atom is 0.243 e. The summed E-state index contributed by atoms with van der Waals surface area (Å²) in [5.41, 5.74) is 1.93. The fourth-order valence-electron chi connectivity index (χ4n) is 3.65. The molecule has 1 aliphatic heterocycles. The number of sulfonamides is 1. The summed E-state index contributed by atoms with van der Waals surface area (Å²) in [6.45, 7) is 6.11. The van der Waals surface area contributed by atoms with E-state index in [1.165, 1.54) is 0 Å². The molecule has 0 unspecified atom stereocenters. The number of imidazole rings is 1. The zero-order valence-corrected chi connectivity index (χ0v) is 15.9. The molecule has 1 aromatic carbocycles. The quantitative estimate of drug-likeness (QED) is 0.792. The normalized spacial score (nSPS) is 17.0. The molecule has 0 amide bonds. The van der Waals surface area contributed by atoms with Crippen molar-refractivity contribution in [2.45, 2.75) is 51.0 Å². The van der Waals surface area contributed by atoms with Gasteiger partial charge in [0.1, 0.15) is 0 Å². The molecular formula is C19H27N3O2S. The summed E-state index contributed by atoms with van der Waals surface area (Å²) >= 11 is 0. The van der Waals surface area contributed by atoms with Crippen LogP contribution < -0.4 is 0 Å². The van der Waals surface area contributed by atoms with E-state index in [-0.39, 0.29) is 0 Å². The van der Waals surface area contributed by atoms with Gasteiger partial charge in [0.25, 0.3) is 0 Å². The first-order valence-electron chi connectivity index (χ1n) is 9.00. The van der Waals surface area contributed by atoms with E-state index in [1.807, 2.05) is 38.5 Å². The largest absolute Gasteiger partial charge is 0.337 e. The van der Waals surface area contributed by atoms with Crippen molar-refractivity contribution in [2.75, 3.05) is 13.1 Å². The number of rotatable bonds is 6. The molecule has 25 heavy (non-hydrogen) atoms. The molecule has 1 aliphatic rings. The van der Waals surface area contributed by atoms with E-state index in [9.17, 15) is 8.42 Å². The van der Waals surface area contributed by atoms with Crippen LogP contribution in [-0.4, -0.2) is 35.4 Å². The van der Waals surface area contributed by atoms with Crippen LogP contribution >= 0.6 is 0 Å². The predicted octanol–water partition coefficient (Wildman–Crippen LogP) is 3.38. The summed E-state index contributed by atoms with van der Waals surface area (Å²) in [6, 6.07) is 5.57. The third kappa shape index (κ3) is 4.30. The average molecular weight is 362 g/mol. The van der Waals surface area contributed by atoms with E-state index in [4.69, 9.17) is 0 Å². The third-order valence-electron chi connectivity index (χ3n) is 5.11. The Morgan fingerprint density at radius 1 is 1.20 bits per heavy atom. The molecule has 1 aromatic heterocycles. The number of hydrogen-bond acceptors (Lipinski definition) is 3. The lowest BCUT2D eigenvalue weighted by atomic mass is 9.93. The van der Waals surface area contributed by atoms with Crippen LogP contribution in [0.4, 0.5) is 0 Å². The van der Waals surface area contributed by atoms with Crippen molar-refractivity contribution < 1.29 is 8.42 Å². The fraction of sp³-hybridized carbons (Fsp3) is 0.526. The highest BCUT2D eigenvalue weighted by molar-refractivity contribution is 7.89. The number of hydrogen-bond donors (Lipinski definition) is 0. The van der Waals surface area contributed by atoms with Crippen LogP contribution in [0.3, 0.4) is 0 Å². The van der Waals surface area contributed by atoms with E-state index in [2.05, 4.69) is 9.55 Å². The minimum Gasteiger partial charge on any atom is -0.337 e. The monoisotopic (exact) mass is 361 g/mol. The molecule has 0 radical (unpaired) electrons. The first-order chi connectivity index (χ1) is 12.0. The lowest BCUT2D eigenvalue weighted by Gasteiger charge is -2.31. The van der Waals surface area contributed by atoms with Gasteiger partial charge in [-0.2, -0.15) is 4.31 Å². The fourth-order valence-corrected chi connectivity index (χ4v) is 5.32. The van der Waals surface area contributed by atoms with Crippen LogP contribution in [0.25, 0.3) is 0 Å². The first-order valence-corrected chi connectivity index (χ1v) is 10.4. The van der Waals surface area contributed by atoms with Crippen LogP contribution in [0.1, 0.15) is 36.8 Å². The van der Waals surface area contributed by atoms with Crippen molar-refractivity contribution in [3.8, 4) is 0 Å². The summed E-state index contributed by atoms with van der Waals surface area (Å²) in [5.74, 6) is 0.620. The summed E-state index contributed by atoms with van der Waals surface area (Å²) < 4.78 is 29.6. The lowest BCUT2D eigenvalue weighted by molar-refractivity contribution is 0.257. The molecular weight excluding hydrogens is 334 g/mol. The Morgan fingerprint density at radius 2 is 1.96 bits per heavy atom. The van der Waals surface area contributed by atoms with Crippen molar-refractivity contribution in [3.05, 3.63) is 48.0 Å². The topological polar surface area (TPSA) is 55.2 Å². The molecule has 1 saturated heterocycles. The molecule has 5 nitrogen and oxygen atoms in total. The van der Waals surface area contributed by atoms with Crippen LogP contribution in [0, 0.1) is 19.8 Å². The van der Waals surface area contributed by atoms with Gasteiger partial charge in [-0.05, 0) is 57.1 Å². The van der Waals surface area contributed by atoms with Gasteiger partial charge >= 0.3 is 0 Å². The van der Waals surface area contributed by atoms with Gasteiger partial charge in [0.2, 0.25) is 10.0 Å². The van der Waals surface area contributed by atoms with Crippen LogP contribution in [-0.2, 0) is 16.6 Å². The van der Waals surface area contributed by atoms with Gasteiger partial charge in [-0.3, -0.25) is 0 Å². The first kappa shape index (κ1) is 18.1. The van der Waals surface area contributed by atoms with Gasteiger partial charge in [-0.25, -0.2) is 13.4 Å². The van der Waals surface area contributed by atoms with E-state index in [1.54, 1.807) is 16.6 Å². The summed E-state index contributed by atoms with van der Waals surface area (Å²) in [4.78, 5) is 4.51. The molecule has 6 heteroatoms. The SMILES string of the molecule is Cc1ccc(S(=O)(=O)N2CCC(CCCn3ccnc3)CC2)c(C)c1. The van der Waals surface area contributed by atoms with E-state index < -0.39 is 10.0 Å². The third-order valence-corrected chi connectivity index (χ3v) is 7.17. The number of aryl methyl sites for hydroxylation is 3. The molecule has 0 saturated carbocycles. The molecule has 3 rings (SSSR count). The minimum absolute atomic E-state index is 0.455. The average Bonchev–Trinajstić information content (AvgIpc) is 3.08. The maximum atomic E-state index is 12.9. The van der Waals surface area contributed by atoms with Gasteiger partial charge in [0.05, 0.1) is 11.2 Å². The molecule has 0 N–H and O–H groups in total.